The van der Waals surface area contributed by atoms with Crippen LogP contribution in [0.25, 0.3) is 11.4 Å². The number of pyridine rings is 1. The van der Waals surface area contributed by atoms with Gasteiger partial charge < -0.3 is 20.1 Å². The summed E-state index contributed by atoms with van der Waals surface area (Å²) >= 11 is 0. The van der Waals surface area contributed by atoms with Crippen molar-refractivity contribution < 1.29 is 19.2 Å². The molecule has 12 heteroatoms. The number of allylic oxidation sites excluding steroid dienone is 1. The summed E-state index contributed by atoms with van der Waals surface area (Å²) in [5.41, 5.74) is 2.82. The van der Waals surface area contributed by atoms with E-state index in [0.717, 1.165) is 0 Å². The topological polar surface area (TPSA) is 146 Å². The van der Waals surface area contributed by atoms with Crippen LogP contribution < -0.4 is 20.1 Å². The summed E-state index contributed by atoms with van der Waals surface area (Å²) in [5.74, 6) is 1.50. The summed E-state index contributed by atoms with van der Waals surface area (Å²) in [6.07, 6.45) is 3.19. The molecule has 198 valence electrons. The summed E-state index contributed by atoms with van der Waals surface area (Å²) in [4.78, 5) is 33.0. The molecule has 0 radical (unpaired) electrons. The van der Waals surface area contributed by atoms with Gasteiger partial charge in [-0.05, 0) is 55.8 Å². The van der Waals surface area contributed by atoms with Gasteiger partial charge in [0.2, 0.25) is 5.95 Å². The highest BCUT2D eigenvalue weighted by atomic mass is 16.6. The number of nitro benzene ring substituents is 1. The second kappa shape index (κ2) is 10.6. The van der Waals surface area contributed by atoms with Crippen molar-refractivity contribution in [2.24, 2.45) is 0 Å². The number of nitro groups is 1. The van der Waals surface area contributed by atoms with Crippen molar-refractivity contribution in [2.45, 2.75) is 19.9 Å². The number of anilines is 2. The van der Waals surface area contributed by atoms with Gasteiger partial charge in [0.1, 0.15) is 6.04 Å². The van der Waals surface area contributed by atoms with Gasteiger partial charge in [-0.25, -0.2) is 4.68 Å². The minimum Gasteiger partial charge on any atom is -0.493 e. The van der Waals surface area contributed by atoms with Gasteiger partial charge >= 0.3 is 0 Å². The highest BCUT2D eigenvalue weighted by Crippen LogP contribution is 2.40. The first-order valence-electron chi connectivity index (χ1n) is 12.1. The second-order valence-corrected chi connectivity index (χ2v) is 8.61. The normalized spacial score (nSPS) is 14.3. The summed E-state index contributed by atoms with van der Waals surface area (Å²) in [6.45, 7) is 4.14. The van der Waals surface area contributed by atoms with Crippen molar-refractivity contribution in [1.82, 2.24) is 19.7 Å². The number of methoxy groups -OCH3 is 1. The van der Waals surface area contributed by atoms with E-state index in [-0.39, 0.29) is 11.6 Å². The molecule has 1 aliphatic heterocycles. The number of ether oxygens (including phenoxy) is 2. The molecule has 5 rings (SSSR count). The molecule has 0 fully saturated rings. The van der Waals surface area contributed by atoms with Gasteiger partial charge in [-0.2, -0.15) is 4.98 Å². The molecule has 0 spiro atoms. The molecule has 0 aliphatic carbocycles. The Bertz CT molecular complexity index is 1570. The van der Waals surface area contributed by atoms with E-state index in [4.69, 9.17) is 14.6 Å². The molecule has 4 aromatic rings. The van der Waals surface area contributed by atoms with Crippen LogP contribution in [0.1, 0.15) is 25.5 Å². The summed E-state index contributed by atoms with van der Waals surface area (Å²) in [7, 11) is 1.55. The lowest BCUT2D eigenvalue weighted by molar-refractivity contribution is -0.384. The Hall–Kier alpha value is -5.26. The third-order valence-electron chi connectivity index (χ3n) is 6.16. The van der Waals surface area contributed by atoms with Gasteiger partial charge in [0.15, 0.2) is 17.3 Å². The maximum atomic E-state index is 13.7. The molecule has 0 saturated carbocycles. The first-order chi connectivity index (χ1) is 18.9. The molecule has 1 amide bonds. The average Bonchev–Trinajstić information content (AvgIpc) is 3.37. The smallest absolute Gasteiger partial charge is 0.269 e. The lowest BCUT2D eigenvalue weighted by Gasteiger charge is -2.29. The van der Waals surface area contributed by atoms with Crippen LogP contribution in [0, 0.1) is 10.1 Å². The zero-order valence-electron chi connectivity index (χ0n) is 21.4. The predicted molar refractivity (Wildman–Crippen MR) is 144 cm³/mol. The largest absolute Gasteiger partial charge is 0.493 e. The third-order valence-corrected chi connectivity index (χ3v) is 6.16. The molecule has 1 atom stereocenters. The van der Waals surface area contributed by atoms with Crippen molar-refractivity contribution in [1.29, 1.82) is 0 Å². The van der Waals surface area contributed by atoms with Crippen LogP contribution in [0.5, 0.6) is 11.5 Å². The molecule has 1 aliphatic rings. The van der Waals surface area contributed by atoms with Gasteiger partial charge in [0.05, 0.1) is 36.1 Å². The Morgan fingerprint density at radius 3 is 2.64 bits per heavy atom. The monoisotopic (exact) mass is 527 g/mol. The fourth-order valence-corrected chi connectivity index (χ4v) is 4.37. The molecule has 0 bridgehead atoms. The molecule has 12 nitrogen and oxygen atoms in total. The van der Waals surface area contributed by atoms with Crippen LogP contribution in [0.15, 0.2) is 78.3 Å². The van der Waals surface area contributed by atoms with Crippen molar-refractivity contribution in [2.75, 3.05) is 24.4 Å². The minimum absolute atomic E-state index is 0.0351. The molecule has 2 N–H and O–H groups in total. The summed E-state index contributed by atoms with van der Waals surface area (Å²) < 4.78 is 12.9. The average molecular weight is 528 g/mol. The van der Waals surface area contributed by atoms with Crippen LogP contribution in [0.2, 0.25) is 0 Å². The summed E-state index contributed by atoms with van der Waals surface area (Å²) in [6, 6.07) is 14.2. The number of nitrogens with one attached hydrogen (secondary N) is 2. The highest BCUT2D eigenvalue weighted by molar-refractivity contribution is 6.06. The number of benzene rings is 2. The summed E-state index contributed by atoms with van der Waals surface area (Å²) in [5, 5.41) is 21.9. The molecular formula is C27H25N7O5. The predicted octanol–water partition coefficient (Wildman–Crippen LogP) is 4.58. The Morgan fingerprint density at radius 1 is 1.18 bits per heavy atom. The standard InChI is InChI=1S/C27H25N7O5/c1-4-39-21-12-9-18(14-22(21)38-3)24-23(26(35)30-19-6-5-13-28-15-19)16(2)29-27-31-25(32-33(24)27)17-7-10-20(11-8-17)34(36)37/h5-15,24H,4H2,1-3H3,(H,30,35)(H,29,31,32). The van der Waals surface area contributed by atoms with Crippen molar-refractivity contribution in [3.63, 3.8) is 0 Å². The van der Waals surface area contributed by atoms with Crippen LogP contribution in [-0.4, -0.2) is 44.3 Å². The Kier molecular flexibility index (Phi) is 6.91. The van der Waals surface area contributed by atoms with Gasteiger partial charge in [-0.1, -0.05) is 6.07 Å². The van der Waals surface area contributed by atoms with Gasteiger partial charge in [0.25, 0.3) is 11.6 Å². The first kappa shape index (κ1) is 25.4. The third kappa shape index (κ3) is 4.99. The quantitative estimate of drug-likeness (QED) is 0.248. The number of aromatic nitrogens is 4. The molecule has 0 saturated heterocycles. The minimum atomic E-state index is -0.679. The molecule has 1 unspecified atom stereocenters. The Balaban J connectivity index is 1.61. The van der Waals surface area contributed by atoms with E-state index in [1.807, 2.05) is 19.1 Å². The highest BCUT2D eigenvalue weighted by Gasteiger charge is 2.35. The Morgan fingerprint density at radius 2 is 1.97 bits per heavy atom. The molecular weight excluding hydrogens is 502 g/mol. The molecule has 3 heterocycles. The van der Waals surface area contributed by atoms with Crippen molar-refractivity contribution in [3.8, 4) is 22.9 Å². The van der Waals surface area contributed by atoms with Gasteiger partial charge in [-0.3, -0.25) is 19.9 Å². The number of rotatable bonds is 8. The fraction of sp³-hybridized carbons (Fsp3) is 0.185. The van der Waals surface area contributed by atoms with E-state index < -0.39 is 11.0 Å². The number of hydrogen-bond acceptors (Lipinski definition) is 9. The number of carbonyl (C=O) groups is 1. The van der Waals surface area contributed by atoms with Gasteiger partial charge in [-0.15, -0.1) is 5.10 Å². The fourth-order valence-electron chi connectivity index (χ4n) is 4.37. The van der Waals surface area contributed by atoms with E-state index in [2.05, 4.69) is 20.6 Å². The zero-order chi connectivity index (χ0) is 27.5. The van der Waals surface area contributed by atoms with Crippen LogP contribution in [-0.2, 0) is 4.79 Å². The number of nitrogens with zero attached hydrogens (tertiary/aromatic N) is 5. The van der Waals surface area contributed by atoms with E-state index in [0.29, 0.717) is 58.0 Å². The van der Waals surface area contributed by atoms with E-state index in [1.165, 1.54) is 12.1 Å². The van der Waals surface area contributed by atoms with E-state index in [9.17, 15) is 14.9 Å². The van der Waals surface area contributed by atoms with Gasteiger partial charge in [0, 0.05) is 29.6 Å². The number of carbonyl (C=O) groups excluding carboxylic acids is 1. The van der Waals surface area contributed by atoms with Crippen LogP contribution in [0.3, 0.4) is 0 Å². The van der Waals surface area contributed by atoms with Crippen LogP contribution in [0.4, 0.5) is 17.3 Å². The number of non-ortho nitro benzene ring substituents is 1. The first-order valence-corrected chi connectivity index (χ1v) is 12.1. The van der Waals surface area contributed by atoms with Crippen LogP contribution >= 0.6 is 0 Å². The second-order valence-electron chi connectivity index (χ2n) is 8.61. The maximum absolute atomic E-state index is 13.7. The number of fused-ring (bicyclic) bond motifs is 1. The Labute approximate surface area is 223 Å². The lowest BCUT2D eigenvalue weighted by Crippen LogP contribution is -2.31. The number of amides is 1. The zero-order valence-corrected chi connectivity index (χ0v) is 21.4. The van der Waals surface area contributed by atoms with Crippen molar-refractivity contribution in [3.05, 3.63) is 93.9 Å². The van der Waals surface area contributed by atoms with E-state index >= 15 is 0 Å². The molecule has 39 heavy (non-hydrogen) atoms. The van der Waals surface area contributed by atoms with Crippen molar-refractivity contribution >= 4 is 23.2 Å². The maximum Gasteiger partial charge on any atom is 0.269 e. The van der Waals surface area contributed by atoms with E-state index in [1.54, 1.807) is 61.4 Å². The lowest BCUT2D eigenvalue weighted by atomic mass is 9.94. The SMILES string of the molecule is CCOc1ccc(C2C(C(=O)Nc3cccnc3)=C(C)Nc3nc(-c4ccc([N+](=O)[O-])cc4)nn32)cc1OC. The molecule has 2 aromatic heterocycles. The number of hydrogen-bond donors (Lipinski definition) is 2. The molecule has 2 aromatic carbocycles.